The molecule has 3 rings (SSSR count). The van der Waals surface area contributed by atoms with Gasteiger partial charge in [0.2, 0.25) is 0 Å². The first-order valence-electron chi connectivity index (χ1n) is 10.6. The Bertz CT molecular complexity index is 1090. The van der Waals surface area contributed by atoms with Crippen LogP contribution < -0.4 is 21.9 Å². The van der Waals surface area contributed by atoms with Crippen molar-refractivity contribution in [1.82, 2.24) is 9.55 Å². The van der Waals surface area contributed by atoms with Gasteiger partial charge in [0.25, 0.3) is 11.5 Å². The molecule has 0 spiro atoms. The second-order valence-corrected chi connectivity index (χ2v) is 7.60. The monoisotopic (exact) mass is 428 g/mol. The van der Waals surface area contributed by atoms with Crippen LogP contribution in [-0.4, -0.2) is 34.1 Å². The third-order valence-corrected chi connectivity index (χ3v) is 5.39. The summed E-state index contributed by atoms with van der Waals surface area (Å²) in [6, 6.07) is 6.95. The number of carbonyl (C=O) groups is 2. The van der Waals surface area contributed by atoms with Crippen LogP contribution >= 0.6 is 0 Å². The molecule has 1 atom stereocenters. The van der Waals surface area contributed by atoms with Gasteiger partial charge in [-0.25, -0.2) is 9.59 Å². The molecule has 166 valence electrons. The number of hydrogen-bond donors (Lipinski definition) is 2. The quantitative estimate of drug-likeness (QED) is 0.618. The van der Waals surface area contributed by atoms with Crippen molar-refractivity contribution in [2.45, 2.75) is 58.6 Å². The molecule has 1 aliphatic rings. The lowest BCUT2D eigenvalue weighted by atomic mass is 9.98. The molecule has 1 unspecified atom stereocenters. The minimum atomic E-state index is -1.07. The van der Waals surface area contributed by atoms with Crippen molar-refractivity contribution in [3.8, 4) is 0 Å². The Morgan fingerprint density at radius 1 is 1.19 bits per heavy atom. The molecular weight excluding hydrogens is 400 g/mol. The molecule has 0 saturated carbocycles. The average molecular weight is 428 g/mol. The van der Waals surface area contributed by atoms with Crippen LogP contribution in [0.15, 0.2) is 33.9 Å². The number of ether oxygens (including phenoxy) is 1. The summed E-state index contributed by atoms with van der Waals surface area (Å²) in [6.07, 6.45) is 2.03. The standard InChI is InChI=1S/C22H28N4O5/c1-3-5-11-25(17-18(23)26(12-6-4-2)22(30)24-19(17)27)20(28)16-13-14-9-7-8-10-15(14)21(29)31-16/h7-10,16H,3-6,11-13,23H2,1-2H3,(H,24,27,30). The van der Waals surface area contributed by atoms with Crippen LogP contribution in [0.4, 0.5) is 11.5 Å². The van der Waals surface area contributed by atoms with Gasteiger partial charge >= 0.3 is 11.7 Å². The summed E-state index contributed by atoms with van der Waals surface area (Å²) in [5.41, 5.74) is 5.93. The first kappa shape index (κ1) is 22.3. The van der Waals surface area contributed by atoms with E-state index in [1.807, 2.05) is 13.8 Å². The summed E-state index contributed by atoms with van der Waals surface area (Å²) < 4.78 is 6.68. The Kier molecular flexibility index (Phi) is 6.94. The zero-order valence-electron chi connectivity index (χ0n) is 17.8. The summed E-state index contributed by atoms with van der Waals surface area (Å²) in [7, 11) is 0. The number of fused-ring (bicyclic) bond motifs is 1. The number of nitrogens with two attached hydrogens (primary N) is 1. The van der Waals surface area contributed by atoms with Crippen LogP contribution in [0, 0.1) is 0 Å². The molecule has 31 heavy (non-hydrogen) atoms. The van der Waals surface area contributed by atoms with Crippen molar-refractivity contribution in [2.24, 2.45) is 0 Å². The number of nitrogen functional groups attached to an aromatic ring is 1. The zero-order chi connectivity index (χ0) is 22.5. The summed E-state index contributed by atoms with van der Waals surface area (Å²) >= 11 is 0. The topological polar surface area (TPSA) is 127 Å². The number of hydrogen-bond acceptors (Lipinski definition) is 6. The number of aromatic nitrogens is 2. The fourth-order valence-corrected chi connectivity index (χ4v) is 3.67. The molecule has 1 amide bonds. The number of carbonyl (C=O) groups excluding carboxylic acids is 2. The minimum absolute atomic E-state index is 0.0609. The first-order chi connectivity index (χ1) is 14.9. The summed E-state index contributed by atoms with van der Waals surface area (Å²) in [6.45, 7) is 4.46. The molecule has 2 aromatic rings. The van der Waals surface area contributed by atoms with Crippen molar-refractivity contribution in [3.05, 3.63) is 56.2 Å². The minimum Gasteiger partial charge on any atom is -0.448 e. The number of amides is 1. The van der Waals surface area contributed by atoms with E-state index in [9.17, 15) is 19.2 Å². The van der Waals surface area contributed by atoms with Gasteiger partial charge in [0.1, 0.15) is 5.82 Å². The van der Waals surface area contributed by atoms with Crippen LogP contribution in [0.2, 0.25) is 0 Å². The van der Waals surface area contributed by atoms with Crippen LogP contribution in [0.3, 0.4) is 0 Å². The predicted molar refractivity (Wildman–Crippen MR) is 117 cm³/mol. The van der Waals surface area contributed by atoms with Crippen molar-refractivity contribution < 1.29 is 14.3 Å². The normalized spacial score (nSPS) is 15.3. The lowest BCUT2D eigenvalue weighted by Crippen LogP contribution is -2.48. The SMILES string of the molecule is CCCCN(C(=O)C1Cc2ccccc2C(=O)O1)c1c(N)n(CCCC)c(=O)[nH]c1=O. The van der Waals surface area contributed by atoms with Gasteiger partial charge in [-0.05, 0) is 24.5 Å². The number of anilines is 2. The highest BCUT2D eigenvalue weighted by molar-refractivity contribution is 6.02. The average Bonchev–Trinajstić information content (AvgIpc) is 2.75. The number of esters is 1. The largest absolute Gasteiger partial charge is 0.448 e. The second-order valence-electron chi connectivity index (χ2n) is 7.60. The fourth-order valence-electron chi connectivity index (χ4n) is 3.67. The highest BCUT2D eigenvalue weighted by Crippen LogP contribution is 2.25. The fraction of sp³-hybridized carbons (Fsp3) is 0.455. The molecule has 0 aliphatic carbocycles. The molecular formula is C22H28N4O5. The molecule has 0 fully saturated rings. The third-order valence-electron chi connectivity index (χ3n) is 5.39. The van der Waals surface area contributed by atoms with Gasteiger partial charge in [-0.1, -0.05) is 44.9 Å². The van der Waals surface area contributed by atoms with Crippen molar-refractivity contribution in [2.75, 3.05) is 17.2 Å². The van der Waals surface area contributed by atoms with Crippen LogP contribution in [0.5, 0.6) is 0 Å². The Morgan fingerprint density at radius 3 is 2.61 bits per heavy atom. The van der Waals surface area contributed by atoms with Gasteiger partial charge < -0.3 is 15.4 Å². The number of unbranched alkanes of at least 4 members (excludes halogenated alkanes) is 2. The highest BCUT2D eigenvalue weighted by Gasteiger charge is 2.36. The predicted octanol–water partition coefficient (Wildman–Crippen LogP) is 1.83. The van der Waals surface area contributed by atoms with Gasteiger partial charge in [-0.15, -0.1) is 0 Å². The van der Waals surface area contributed by atoms with Crippen molar-refractivity contribution in [3.63, 3.8) is 0 Å². The maximum Gasteiger partial charge on any atom is 0.339 e. The number of nitrogens with zero attached hydrogens (tertiary/aromatic N) is 2. The van der Waals surface area contributed by atoms with E-state index in [2.05, 4.69) is 4.98 Å². The molecule has 0 saturated heterocycles. The van der Waals surface area contributed by atoms with Crippen LogP contribution in [0.1, 0.15) is 55.5 Å². The van der Waals surface area contributed by atoms with Gasteiger partial charge in [-0.3, -0.25) is 19.1 Å². The second kappa shape index (κ2) is 9.63. The molecule has 9 nitrogen and oxygen atoms in total. The number of benzene rings is 1. The number of cyclic esters (lactones) is 1. The molecule has 0 bridgehead atoms. The van der Waals surface area contributed by atoms with E-state index in [1.54, 1.807) is 24.3 Å². The Hall–Kier alpha value is -3.36. The van der Waals surface area contributed by atoms with Gasteiger partial charge in [-0.2, -0.15) is 0 Å². The van der Waals surface area contributed by atoms with E-state index in [-0.39, 0.29) is 24.5 Å². The van der Waals surface area contributed by atoms with E-state index in [0.717, 1.165) is 12.8 Å². The Balaban J connectivity index is 2.01. The lowest BCUT2D eigenvalue weighted by molar-refractivity contribution is -0.127. The number of H-pyrrole nitrogens is 1. The lowest BCUT2D eigenvalue weighted by Gasteiger charge is -2.30. The molecule has 2 heterocycles. The van der Waals surface area contributed by atoms with E-state index < -0.39 is 29.2 Å². The summed E-state index contributed by atoms with van der Waals surface area (Å²) in [5, 5.41) is 0. The van der Waals surface area contributed by atoms with Gasteiger partial charge in [0.15, 0.2) is 11.8 Å². The first-order valence-corrected chi connectivity index (χ1v) is 10.6. The molecule has 1 aromatic heterocycles. The number of aromatic amines is 1. The molecule has 3 N–H and O–H groups in total. The van der Waals surface area contributed by atoms with Gasteiger partial charge in [0.05, 0.1) is 5.56 Å². The summed E-state index contributed by atoms with van der Waals surface area (Å²) in [4.78, 5) is 54.3. The van der Waals surface area contributed by atoms with Crippen molar-refractivity contribution in [1.29, 1.82) is 0 Å². The summed E-state index contributed by atoms with van der Waals surface area (Å²) in [5.74, 6) is -1.17. The van der Waals surface area contributed by atoms with Crippen LogP contribution in [-0.2, 0) is 22.5 Å². The van der Waals surface area contributed by atoms with Gasteiger partial charge in [0, 0.05) is 19.5 Å². The number of rotatable bonds is 8. The van der Waals surface area contributed by atoms with E-state index in [1.165, 1.54) is 9.47 Å². The molecule has 1 aromatic carbocycles. The Labute approximate surface area is 179 Å². The highest BCUT2D eigenvalue weighted by atomic mass is 16.5. The van der Waals surface area contributed by atoms with E-state index in [4.69, 9.17) is 10.5 Å². The zero-order valence-corrected chi connectivity index (χ0v) is 17.8. The number of nitrogens with one attached hydrogen (secondary N) is 1. The smallest absolute Gasteiger partial charge is 0.339 e. The van der Waals surface area contributed by atoms with Crippen LogP contribution in [0.25, 0.3) is 0 Å². The maximum absolute atomic E-state index is 13.4. The third kappa shape index (κ3) is 4.55. The molecule has 1 aliphatic heterocycles. The van der Waals surface area contributed by atoms with Crippen molar-refractivity contribution >= 4 is 23.4 Å². The Morgan fingerprint density at radius 2 is 1.90 bits per heavy atom. The molecule has 0 radical (unpaired) electrons. The van der Waals surface area contributed by atoms with E-state index >= 15 is 0 Å². The van der Waals surface area contributed by atoms with E-state index in [0.29, 0.717) is 30.5 Å². The molecule has 9 heteroatoms. The maximum atomic E-state index is 13.4.